The first-order valence-electron chi connectivity index (χ1n) is 11.3. The minimum absolute atomic E-state index is 0.107. The van der Waals surface area contributed by atoms with E-state index in [1.807, 2.05) is 30.3 Å². The van der Waals surface area contributed by atoms with Gasteiger partial charge in [-0.3, -0.25) is 4.79 Å². The molecular formula is C27H28F2N2O2. The van der Waals surface area contributed by atoms with Gasteiger partial charge in [0, 0.05) is 17.0 Å². The maximum atomic E-state index is 15.0. The molecule has 3 aromatic rings. The Bertz CT molecular complexity index is 1010. The second kappa shape index (κ2) is 11.1. The van der Waals surface area contributed by atoms with E-state index in [1.54, 1.807) is 41.3 Å². The van der Waals surface area contributed by atoms with E-state index in [1.165, 1.54) is 12.1 Å². The maximum Gasteiger partial charge on any atom is 0.226 e. The molecule has 0 unspecified atom stereocenters. The number of amides is 1. The molecule has 0 radical (unpaired) electrons. The molecule has 1 aliphatic rings. The highest BCUT2D eigenvalue weighted by atomic mass is 19.1. The molecule has 0 aromatic heterocycles. The predicted octanol–water partition coefficient (Wildman–Crippen LogP) is 4.96. The Labute approximate surface area is 193 Å². The summed E-state index contributed by atoms with van der Waals surface area (Å²) in [6.45, 7) is 1.90. The minimum Gasteiger partial charge on any atom is -0.492 e. The lowest BCUT2D eigenvalue weighted by molar-refractivity contribution is -0.138. The number of para-hydroxylation sites is 1. The number of halogens is 2. The van der Waals surface area contributed by atoms with Gasteiger partial charge in [0.05, 0.1) is 12.6 Å². The van der Waals surface area contributed by atoms with Crippen molar-refractivity contribution in [3.05, 3.63) is 102 Å². The van der Waals surface area contributed by atoms with Crippen LogP contribution in [0, 0.1) is 17.6 Å². The van der Waals surface area contributed by atoms with Gasteiger partial charge in [-0.15, -0.1) is 0 Å². The summed E-state index contributed by atoms with van der Waals surface area (Å²) < 4.78 is 35.9. The summed E-state index contributed by atoms with van der Waals surface area (Å²) in [7, 11) is 0. The van der Waals surface area contributed by atoms with Crippen LogP contribution < -0.4 is 10.1 Å². The van der Waals surface area contributed by atoms with E-state index >= 15 is 8.78 Å². The quantitative estimate of drug-likeness (QED) is 0.527. The summed E-state index contributed by atoms with van der Waals surface area (Å²) in [5, 5.41) is 3.27. The lowest BCUT2D eigenvalue weighted by atomic mass is 9.91. The first kappa shape index (κ1) is 22.9. The summed E-state index contributed by atoms with van der Waals surface area (Å²) in [6, 6.07) is 20.9. The zero-order chi connectivity index (χ0) is 23.0. The van der Waals surface area contributed by atoms with Gasteiger partial charge < -0.3 is 15.0 Å². The molecule has 1 heterocycles. The summed E-state index contributed by atoms with van der Waals surface area (Å²) in [5.74, 6) is -0.579. The third kappa shape index (κ3) is 5.57. The van der Waals surface area contributed by atoms with Gasteiger partial charge in [0.2, 0.25) is 5.91 Å². The number of carbonyl (C=O) groups is 1. The molecule has 1 N–H and O–H groups in total. The standard InChI is InChI=1S/C27H28F2N2O2/c28-24-12-6-4-10-22(24)26(23-11-5-7-13-25(23)29)31(27(32)20-14-16-30-17-15-20)18-19-33-21-8-2-1-3-9-21/h1-13,20,26,30H,14-19H2. The molecule has 33 heavy (non-hydrogen) atoms. The molecule has 4 rings (SSSR count). The van der Waals surface area contributed by atoms with E-state index in [0.717, 1.165) is 13.1 Å². The van der Waals surface area contributed by atoms with Gasteiger partial charge in [-0.2, -0.15) is 0 Å². The van der Waals surface area contributed by atoms with E-state index in [-0.39, 0.29) is 36.1 Å². The van der Waals surface area contributed by atoms with Gasteiger partial charge in [0.25, 0.3) is 0 Å². The number of benzene rings is 3. The average Bonchev–Trinajstić information content (AvgIpc) is 2.86. The Morgan fingerprint density at radius 1 is 0.879 bits per heavy atom. The molecule has 0 saturated carbocycles. The van der Waals surface area contributed by atoms with Gasteiger partial charge in [-0.25, -0.2) is 8.78 Å². The second-order valence-electron chi connectivity index (χ2n) is 8.16. The Morgan fingerprint density at radius 2 is 1.42 bits per heavy atom. The van der Waals surface area contributed by atoms with Crippen LogP contribution in [0.1, 0.15) is 30.0 Å². The molecule has 0 atom stereocenters. The van der Waals surface area contributed by atoms with Gasteiger partial charge in [-0.1, -0.05) is 54.6 Å². The summed E-state index contributed by atoms with van der Waals surface area (Å²) >= 11 is 0. The van der Waals surface area contributed by atoms with Crippen LogP contribution in [0.2, 0.25) is 0 Å². The lowest BCUT2D eigenvalue weighted by Gasteiger charge is -2.36. The van der Waals surface area contributed by atoms with Crippen molar-refractivity contribution in [2.24, 2.45) is 5.92 Å². The molecule has 0 aliphatic carbocycles. The highest BCUT2D eigenvalue weighted by Gasteiger charge is 2.34. The number of ether oxygens (including phenoxy) is 1. The molecule has 3 aromatic carbocycles. The van der Waals surface area contributed by atoms with Gasteiger partial charge in [0.15, 0.2) is 0 Å². The maximum absolute atomic E-state index is 15.0. The first-order chi connectivity index (χ1) is 16.1. The highest BCUT2D eigenvalue weighted by Crippen LogP contribution is 2.34. The fourth-order valence-electron chi connectivity index (χ4n) is 4.35. The Hall–Kier alpha value is -3.25. The van der Waals surface area contributed by atoms with Gasteiger partial charge in [0.1, 0.15) is 24.0 Å². The van der Waals surface area contributed by atoms with Crippen LogP contribution in [0.15, 0.2) is 78.9 Å². The SMILES string of the molecule is O=C(C1CCNCC1)N(CCOc1ccccc1)C(c1ccccc1F)c1ccccc1F. The van der Waals surface area contributed by atoms with Crippen molar-refractivity contribution in [2.75, 3.05) is 26.2 Å². The zero-order valence-electron chi connectivity index (χ0n) is 18.4. The largest absolute Gasteiger partial charge is 0.492 e. The minimum atomic E-state index is -0.894. The average molecular weight is 451 g/mol. The molecule has 1 aliphatic heterocycles. The van der Waals surface area contributed by atoms with Crippen LogP contribution in [0.4, 0.5) is 8.78 Å². The Balaban J connectivity index is 1.70. The van der Waals surface area contributed by atoms with Crippen molar-refractivity contribution in [3.8, 4) is 5.75 Å². The molecule has 4 nitrogen and oxygen atoms in total. The molecule has 172 valence electrons. The van der Waals surface area contributed by atoms with Crippen molar-refractivity contribution >= 4 is 5.91 Å². The van der Waals surface area contributed by atoms with Crippen molar-refractivity contribution in [2.45, 2.75) is 18.9 Å². The summed E-state index contributed by atoms with van der Waals surface area (Å²) in [5.41, 5.74) is 0.536. The fourth-order valence-corrected chi connectivity index (χ4v) is 4.35. The van der Waals surface area contributed by atoms with Crippen molar-refractivity contribution in [3.63, 3.8) is 0 Å². The molecule has 6 heteroatoms. The Morgan fingerprint density at radius 3 is 2.00 bits per heavy atom. The number of hydrogen-bond donors (Lipinski definition) is 1. The third-order valence-corrected chi connectivity index (χ3v) is 6.03. The molecule has 1 fully saturated rings. The van der Waals surface area contributed by atoms with Crippen LogP contribution in [0.3, 0.4) is 0 Å². The zero-order valence-corrected chi connectivity index (χ0v) is 18.4. The smallest absolute Gasteiger partial charge is 0.226 e. The molecule has 0 bridgehead atoms. The number of hydrogen-bond acceptors (Lipinski definition) is 3. The van der Waals surface area contributed by atoms with Crippen molar-refractivity contribution < 1.29 is 18.3 Å². The number of nitrogens with one attached hydrogen (secondary N) is 1. The van der Waals surface area contributed by atoms with Gasteiger partial charge >= 0.3 is 0 Å². The fraction of sp³-hybridized carbons (Fsp3) is 0.296. The van der Waals surface area contributed by atoms with Crippen molar-refractivity contribution in [1.82, 2.24) is 10.2 Å². The van der Waals surface area contributed by atoms with Crippen LogP contribution >= 0.6 is 0 Å². The predicted molar refractivity (Wildman–Crippen MR) is 124 cm³/mol. The third-order valence-electron chi connectivity index (χ3n) is 6.03. The van der Waals surface area contributed by atoms with E-state index in [0.29, 0.717) is 18.6 Å². The van der Waals surface area contributed by atoms with Gasteiger partial charge in [-0.05, 0) is 50.2 Å². The van der Waals surface area contributed by atoms with Crippen LogP contribution in [-0.4, -0.2) is 37.0 Å². The van der Waals surface area contributed by atoms with Crippen LogP contribution in [-0.2, 0) is 4.79 Å². The number of piperidine rings is 1. The highest BCUT2D eigenvalue weighted by molar-refractivity contribution is 5.80. The second-order valence-corrected chi connectivity index (χ2v) is 8.16. The topological polar surface area (TPSA) is 41.6 Å². The molecule has 1 amide bonds. The first-order valence-corrected chi connectivity index (χ1v) is 11.3. The molecule has 0 spiro atoms. The summed E-state index contributed by atoms with van der Waals surface area (Å²) in [6.07, 6.45) is 1.38. The van der Waals surface area contributed by atoms with E-state index in [4.69, 9.17) is 4.74 Å². The Kier molecular flexibility index (Phi) is 7.68. The van der Waals surface area contributed by atoms with E-state index < -0.39 is 17.7 Å². The molecular weight excluding hydrogens is 422 g/mol. The van der Waals surface area contributed by atoms with E-state index in [2.05, 4.69) is 5.32 Å². The number of rotatable bonds is 8. The van der Waals surface area contributed by atoms with Crippen LogP contribution in [0.5, 0.6) is 5.75 Å². The summed E-state index contributed by atoms with van der Waals surface area (Å²) in [4.78, 5) is 15.3. The molecule has 1 saturated heterocycles. The number of nitrogens with zero attached hydrogens (tertiary/aromatic N) is 1. The van der Waals surface area contributed by atoms with Crippen LogP contribution in [0.25, 0.3) is 0 Å². The lowest BCUT2D eigenvalue weighted by Crippen LogP contribution is -2.45. The monoisotopic (exact) mass is 450 g/mol. The normalized spacial score (nSPS) is 14.3. The number of carbonyl (C=O) groups excluding carboxylic acids is 1. The van der Waals surface area contributed by atoms with E-state index in [9.17, 15) is 4.79 Å². The van der Waals surface area contributed by atoms with Crippen molar-refractivity contribution in [1.29, 1.82) is 0 Å².